The number of allylic oxidation sites excluding steroid dienone is 1. The van der Waals surface area contributed by atoms with Crippen LogP contribution in [0.1, 0.15) is 56.2 Å². The topological polar surface area (TPSA) is 73.0 Å². The number of rotatable bonds is 7. The van der Waals surface area contributed by atoms with Gasteiger partial charge in [-0.2, -0.15) is 0 Å². The average Bonchev–Trinajstić information content (AvgIpc) is 2.91. The van der Waals surface area contributed by atoms with Gasteiger partial charge < -0.3 is 15.1 Å². The minimum absolute atomic E-state index is 0. The first-order valence-corrected chi connectivity index (χ1v) is 13.2. The minimum atomic E-state index is -1.22. The van der Waals surface area contributed by atoms with Gasteiger partial charge in [0.2, 0.25) is 5.91 Å². The summed E-state index contributed by atoms with van der Waals surface area (Å²) in [7, 11) is 1.43. The van der Waals surface area contributed by atoms with Crippen LogP contribution in [-0.2, 0) is 9.59 Å². The lowest BCUT2D eigenvalue weighted by Gasteiger charge is -2.40. The number of urea groups is 1. The molecule has 1 atom stereocenters. The summed E-state index contributed by atoms with van der Waals surface area (Å²) < 4.78 is 55.1. The highest BCUT2D eigenvalue weighted by Gasteiger charge is 2.42. The third kappa shape index (κ3) is 6.90. The van der Waals surface area contributed by atoms with Crippen molar-refractivity contribution in [1.29, 1.82) is 0 Å². The van der Waals surface area contributed by atoms with Crippen molar-refractivity contribution in [2.75, 3.05) is 33.2 Å². The molecule has 1 fully saturated rings. The van der Waals surface area contributed by atoms with Crippen molar-refractivity contribution in [3.8, 4) is 0 Å². The molecule has 0 aliphatic carbocycles. The molecule has 0 spiro atoms. The van der Waals surface area contributed by atoms with Crippen LogP contribution in [0.5, 0.6) is 0 Å². The number of imide groups is 1. The number of piperidine rings is 1. The Hall–Kier alpha value is -3.44. The van der Waals surface area contributed by atoms with E-state index in [9.17, 15) is 31.9 Å². The van der Waals surface area contributed by atoms with Gasteiger partial charge in [-0.15, -0.1) is 12.4 Å². The summed E-state index contributed by atoms with van der Waals surface area (Å²) in [5.74, 6) is -4.51. The average molecular weight is 597 g/mol. The van der Waals surface area contributed by atoms with E-state index in [1.54, 1.807) is 6.92 Å². The van der Waals surface area contributed by atoms with E-state index < -0.39 is 47.2 Å². The fourth-order valence-corrected chi connectivity index (χ4v) is 5.43. The van der Waals surface area contributed by atoms with Crippen LogP contribution in [0.4, 0.5) is 22.4 Å². The zero-order valence-electron chi connectivity index (χ0n) is 23.1. The van der Waals surface area contributed by atoms with Gasteiger partial charge in [0.25, 0.3) is 5.91 Å². The lowest BCUT2D eigenvalue weighted by atomic mass is 9.89. The van der Waals surface area contributed by atoms with Gasteiger partial charge in [0.1, 0.15) is 11.6 Å². The number of halogens is 5. The summed E-state index contributed by atoms with van der Waals surface area (Å²) >= 11 is 0. The van der Waals surface area contributed by atoms with Crippen LogP contribution in [-0.4, -0.2) is 65.8 Å². The number of carbonyl (C=O) groups excluding carboxylic acids is 3. The first-order chi connectivity index (χ1) is 19.0. The summed E-state index contributed by atoms with van der Waals surface area (Å²) in [5.41, 5.74) is 1.01. The molecule has 12 heteroatoms. The number of carbonyl (C=O) groups is 3. The normalized spacial score (nSPS) is 18.4. The molecule has 1 saturated heterocycles. The van der Waals surface area contributed by atoms with Crippen molar-refractivity contribution in [2.45, 2.75) is 45.1 Å². The second-order valence-corrected chi connectivity index (χ2v) is 10.2. The molecule has 2 aromatic carbocycles. The van der Waals surface area contributed by atoms with Gasteiger partial charge in [0.05, 0.1) is 11.6 Å². The minimum Gasteiger partial charge on any atom is -0.352 e. The first-order valence-electron chi connectivity index (χ1n) is 13.2. The molecule has 0 radical (unpaired) electrons. The Bertz CT molecular complexity index is 1350. The van der Waals surface area contributed by atoms with Crippen molar-refractivity contribution >= 4 is 30.3 Å². The van der Waals surface area contributed by atoms with E-state index in [0.717, 1.165) is 49.0 Å². The maximum atomic E-state index is 14.1. The molecule has 2 heterocycles. The van der Waals surface area contributed by atoms with E-state index in [1.165, 1.54) is 37.1 Å². The summed E-state index contributed by atoms with van der Waals surface area (Å²) in [6.07, 6.45) is 2.07. The van der Waals surface area contributed by atoms with Crippen molar-refractivity contribution in [3.63, 3.8) is 0 Å². The fourth-order valence-electron chi connectivity index (χ4n) is 5.43. The summed E-state index contributed by atoms with van der Waals surface area (Å²) in [5, 5.41) is 2.84. The van der Waals surface area contributed by atoms with E-state index in [2.05, 4.69) is 10.2 Å². The summed E-state index contributed by atoms with van der Waals surface area (Å²) in [4.78, 5) is 43.0. The number of hydrogen-bond acceptors (Lipinski definition) is 4. The van der Waals surface area contributed by atoms with E-state index in [4.69, 9.17) is 0 Å². The molecule has 1 unspecified atom stereocenters. The monoisotopic (exact) mass is 596 g/mol. The molecule has 222 valence electrons. The van der Waals surface area contributed by atoms with Gasteiger partial charge in [0.15, 0.2) is 11.6 Å². The Labute approximate surface area is 242 Å². The number of amides is 4. The van der Waals surface area contributed by atoms with E-state index in [-0.39, 0.29) is 29.5 Å². The predicted molar refractivity (Wildman–Crippen MR) is 147 cm³/mol. The van der Waals surface area contributed by atoms with Gasteiger partial charge in [0, 0.05) is 32.3 Å². The van der Waals surface area contributed by atoms with Gasteiger partial charge in [-0.3, -0.25) is 14.5 Å². The number of likely N-dealkylation sites (tertiary alicyclic amines) is 1. The maximum absolute atomic E-state index is 14.1. The molecule has 7 nitrogen and oxygen atoms in total. The molecule has 41 heavy (non-hydrogen) atoms. The highest BCUT2D eigenvalue weighted by atomic mass is 35.5. The summed E-state index contributed by atoms with van der Waals surface area (Å²) in [6, 6.07) is 4.82. The Morgan fingerprint density at radius 3 is 2.27 bits per heavy atom. The Balaban J connectivity index is 0.00000462. The second-order valence-electron chi connectivity index (χ2n) is 10.2. The van der Waals surface area contributed by atoms with E-state index in [0.29, 0.717) is 30.8 Å². The van der Waals surface area contributed by atoms with E-state index >= 15 is 0 Å². The van der Waals surface area contributed by atoms with Crippen LogP contribution in [0.25, 0.3) is 0 Å². The predicted octanol–water partition coefficient (Wildman–Crippen LogP) is 5.28. The van der Waals surface area contributed by atoms with Gasteiger partial charge >= 0.3 is 6.03 Å². The number of hydrogen-bond donors (Lipinski definition) is 1. The Morgan fingerprint density at radius 2 is 1.66 bits per heavy atom. The van der Waals surface area contributed by atoms with Crippen LogP contribution >= 0.6 is 12.4 Å². The second kappa shape index (κ2) is 13.5. The molecule has 2 aromatic rings. The molecule has 0 bridgehead atoms. The van der Waals surface area contributed by atoms with Crippen LogP contribution in [0.15, 0.2) is 47.7 Å². The molecule has 2 aliphatic heterocycles. The highest BCUT2D eigenvalue weighted by Crippen LogP contribution is 2.37. The molecule has 1 N–H and O–H groups in total. The first kappa shape index (κ1) is 32.1. The van der Waals surface area contributed by atoms with Crippen molar-refractivity contribution in [2.24, 2.45) is 0 Å². The lowest BCUT2D eigenvalue weighted by Crippen LogP contribution is -2.52. The molecule has 4 rings (SSSR count). The Morgan fingerprint density at radius 1 is 0.976 bits per heavy atom. The number of nitrogens with zero attached hydrogens (tertiary/aromatic N) is 3. The van der Waals surface area contributed by atoms with Crippen molar-refractivity contribution in [3.05, 3.63) is 82.1 Å². The highest BCUT2D eigenvalue weighted by molar-refractivity contribution is 6.03. The standard InChI is InChI=1S/C29H32F4N4O3.ClH/c1-17-26(27(20-5-8-23(31)25(33)15-20)37(18(2)38)29(40)35(17)3)28(39)34-11-4-12-36-13-9-19(10-14-36)22-7-6-21(30)16-24(22)32;/h5-8,15-16,19,27H,4,9-14H2,1-3H3,(H,34,39);1H. The fraction of sp³-hybridized carbons (Fsp3) is 0.414. The molecular formula is C29H33ClF4N4O3. The van der Waals surface area contributed by atoms with Crippen LogP contribution in [0, 0.1) is 23.3 Å². The maximum Gasteiger partial charge on any atom is 0.331 e. The quantitative estimate of drug-likeness (QED) is 0.349. The van der Waals surface area contributed by atoms with Gasteiger partial charge in [-0.25, -0.2) is 22.4 Å². The van der Waals surface area contributed by atoms with Gasteiger partial charge in [-0.1, -0.05) is 12.1 Å². The number of benzene rings is 2. The molecule has 0 saturated carbocycles. The third-order valence-corrected chi connectivity index (χ3v) is 7.69. The Kier molecular flexibility index (Phi) is 10.5. The van der Waals surface area contributed by atoms with E-state index in [1.807, 2.05) is 0 Å². The third-order valence-electron chi connectivity index (χ3n) is 7.69. The van der Waals surface area contributed by atoms with Crippen molar-refractivity contribution in [1.82, 2.24) is 20.0 Å². The lowest BCUT2D eigenvalue weighted by molar-refractivity contribution is -0.128. The van der Waals surface area contributed by atoms with Gasteiger partial charge in [-0.05, 0) is 81.1 Å². The molecule has 4 amide bonds. The largest absolute Gasteiger partial charge is 0.352 e. The zero-order chi connectivity index (χ0) is 29.1. The zero-order valence-corrected chi connectivity index (χ0v) is 23.9. The van der Waals surface area contributed by atoms with Crippen LogP contribution in [0.2, 0.25) is 0 Å². The number of nitrogens with one attached hydrogen (secondary N) is 1. The van der Waals surface area contributed by atoms with Crippen LogP contribution in [0.3, 0.4) is 0 Å². The smallest absolute Gasteiger partial charge is 0.331 e. The SMILES string of the molecule is CC(=O)N1C(=O)N(C)C(C)=C(C(=O)NCCCN2CCC(c3ccc(F)cc3F)CC2)C1c1ccc(F)c(F)c1.Cl. The molecular weight excluding hydrogens is 564 g/mol. The molecule has 2 aliphatic rings. The van der Waals surface area contributed by atoms with Crippen LogP contribution < -0.4 is 5.32 Å². The van der Waals surface area contributed by atoms with Crippen molar-refractivity contribution < 1.29 is 31.9 Å². The summed E-state index contributed by atoms with van der Waals surface area (Å²) in [6.45, 7) is 5.18. The molecule has 0 aromatic heterocycles.